The summed E-state index contributed by atoms with van der Waals surface area (Å²) in [5, 5.41) is 18.1. The van der Waals surface area contributed by atoms with Gasteiger partial charge in [0.2, 0.25) is 10.0 Å². The predicted molar refractivity (Wildman–Crippen MR) is 75.6 cm³/mol. The first-order valence-electron chi connectivity index (χ1n) is 6.35. The van der Waals surface area contributed by atoms with Gasteiger partial charge in [0, 0.05) is 6.54 Å². The fourth-order valence-electron chi connectivity index (χ4n) is 1.37. The fraction of sp³-hybridized carbons (Fsp3) is 0.462. The topological polar surface area (TPSA) is 113 Å². The molecule has 1 rings (SSSR count). The minimum absolute atomic E-state index is 0.0149. The molecule has 1 atom stereocenters. The summed E-state index contributed by atoms with van der Waals surface area (Å²) >= 11 is 0. The molecule has 0 amide bonds. The third kappa shape index (κ3) is 5.70. The molecular formula is C13H19NO6S. The standard InChI is InChI=1S/C13H19NO6S/c1-9(2)12(15)7-14-21(18,19)11-5-3-10(4-6-11)20-8-13(16)17/h3-6,9,12,14-15H,7-8H2,1-2H3,(H,16,17). The Morgan fingerprint density at radius 3 is 2.33 bits per heavy atom. The molecule has 0 saturated heterocycles. The van der Waals surface area contributed by atoms with E-state index in [1.807, 2.05) is 0 Å². The van der Waals surface area contributed by atoms with E-state index in [4.69, 9.17) is 9.84 Å². The van der Waals surface area contributed by atoms with Gasteiger partial charge in [0.1, 0.15) is 5.75 Å². The number of hydrogen-bond acceptors (Lipinski definition) is 5. The average molecular weight is 317 g/mol. The number of hydrogen-bond donors (Lipinski definition) is 3. The van der Waals surface area contributed by atoms with Gasteiger partial charge in [0.25, 0.3) is 0 Å². The first kappa shape index (κ1) is 17.4. The molecule has 0 aliphatic heterocycles. The fourth-order valence-corrected chi connectivity index (χ4v) is 2.43. The average Bonchev–Trinajstić information content (AvgIpc) is 2.43. The largest absolute Gasteiger partial charge is 0.482 e. The van der Waals surface area contributed by atoms with E-state index in [-0.39, 0.29) is 23.1 Å². The zero-order valence-electron chi connectivity index (χ0n) is 11.8. The van der Waals surface area contributed by atoms with Gasteiger partial charge in [-0.25, -0.2) is 17.9 Å². The molecule has 1 aromatic carbocycles. The molecule has 0 radical (unpaired) electrons. The smallest absolute Gasteiger partial charge is 0.341 e. The van der Waals surface area contributed by atoms with Crippen molar-refractivity contribution in [2.75, 3.05) is 13.2 Å². The van der Waals surface area contributed by atoms with Gasteiger partial charge < -0.3 is 14.9 Å². The highest BCUT2D eigenvalue weighted by Gasteiger charge is 2.17. The van der Waals surface area contributed by atoms with Crippen molar-refractivity contribution in [3.8, 4) is 5.75 Å². The van der Waals surface area contributed by atoms with Crippen LogP contribution in [0.1, 0.15) is 13.8 Å². The number of sulfonamides is 1. The number of aliphatic hydroxyl groups is 1. The van der Waals surface area contributed by atoms with Crippen molar-refractivity contribution in [1.29, 1.82) is 0 Å². The van der Waals surface area contributed by atoms with E-state index in [0.29, 0.717) is 0 Å². The van der Waals surface area contributed by atoms with Crippen LogP contribution in [0.15, 0.2) is 29.2 Å². The maximum Gasteiger partial charge on any atom is 0.341 e. The second-order valence-corrected chi connectivity index (χ2v) is 6.58. The van der Waals surface area contributed by atoms with Gasteiger partial charge in [0.15, 0.2) is 6.61 Å². The predicted octanol–water partition coefficient (Wildman–Crippen LogP) is 0.445. The second kappa shape index (κ2) is 7.39. The molecule has 0 aliphatic carbocycles. The Kier molecular flexibility index (Phi) is 6.13. The zero-order chi connectivity index (χ0) is 16.0. The highest BCUT2D eigenvalue weighted by Crippen LogP contribution is 2.16. The molecule has 0 saturated carbocycles. The third-order valence-corrected chi connectivity index (χ3v) is 4.19. The van der Waals surface area contributed by atoms with Crippen LogP contribution in [0.2, 0.25) is 0 Å². The first-order valence-corrected chi connectivity index (χ1v) is 7.83. The van der Waals surface area contributed by atoms with Crippen LogP contribution < -0.4 is 9.46 Å². The van der Waals surface area contributed by atoms with E-state index in [0.717, 1.165) is 0 Å². The minimum Gasteiger partial charge on any atom is -0.482 e. The number of nitrogens with one attached hydrogen (secondary N) is 1. The normalized spacial score (nSPS) is 13.1. The summed E-state index contributed by atoms with van der Waals surface area (Å²) in [7, 11) is -3.72. The van der Waals surface area contributed by atoms with Gasteiger partial charge in [-0.2, -0.15) is 0 Å². The molecule has 7 nitrogen and oxygen atoms in total. The van der Waals surface area contributed by atoms with Crippen LogP contribution in [0, 0.1) is 5.92 Å². The lowest BCUT2D eigenvalue weighted by Crippen LogP contribution is -2.34. The summed E-state index contributed by atoms with van der Waals surface area (Å²) in [6.45, 7) is 3.00. The van der Waals surface area contributed by atoms with Crippen molar-refractivity contribution >= 4 is 16.0 Å². The lowest BCUT2D eigenvalue weighted by Gasteiger charge is -2.15. The van der Waals surface area contributed by atoms with Gasteiger partial charge >= 0.3 is 5.97 Å². The molecule has 8 heteroatoms. The van der Waals surface area contributed by atoms with Crippen molar-refractivity contribution in [2.24, 2.45) is 5.92 Å². The number of aliphatic hydroxyl groups excluding tert-OH is 1. The van der Waals surface area contributed by atoms with Crippen LogP contribution in [-0.2, 0) is 14.8 Å². The Bertz CT molecular complexity index is 567. The van der Waals surface area contributed by atoms with Crippen molar-refractivity contribution in [3.63, 3.8) is 0 Å². The quantitative estimate of drug-likeness (QED) is 0.641. The van der Waals surface area contributed by atoms with Crippen LogP contribution >= 0.6 is 0 Å². The number of aliphatic carboxylic acids is 1. The number of carbonyl (C=O) groups is 1. The molecule has 1 aromatic rings. The monoisotopic (exact) mass is 317 g/mol. The summed E-state index contributed by atoms with van der Waals surface area (Å²) in [4.78, 5) is 10.4. The summed E-state index contributed by atoms with van der Waals surface area (Å²) in [5.41, 5.74) is 0. The molecule has 0 aromatic heterocycles. The molecule has 0 bridgehead atoms. The summed E-state index contributed by atoms with van der Waals surface area (Å²) in [5.74, 6) is -0.908. The van der Waals surface area contributed by atoms with E-state index < -0.39 is 28.7 Å². The van der Waals surface area contributed by atoms with E-state index in [2.05, 4.69) is 4.72 Å². The summed E-state index contributed by atoms with van der Waals surface area (Å²) in [6.07, 6.45) is -0.766. The first-order chi connectivity index (χ1) is 9.72. The molecule has 0 heterocycles. The van der Waals surface area contributed by atoms with E-state index in [1.54, 1.807) is 13.8 Å². The SMILES string of the molecule is CC(C)C(O)CNS(=O)(=O)c1ccc(OCC(=O)O)cc1. The summed E-state index contributed by atoms with van der Waals surface area (Å²) in [6, 6.07) is 5.36. The number of rotatable bonds is 8. The maximum absolute atomic E-state index is 12.0. The second-order valence-electron chi connectivity index (χ2n) is 4.82. The van der Waals surface area contributed by atoms with E-state index >= 15 is 0 Å². The Labute approximate surface area is 123 Å². The molecule has 0 spiro atoms. The van der Waals surface area contributed by atoms with Gasteiger partial charge in [0.05, 0.1) is 11.0 Å². The van der Waals surface area contributed by atoms with Gasteiger partial charge in [-0.05, 0) is 30.2 Å². The Hall–Kier alpha value is -1.64. The Balaban J connectivity index is 2.69. The molecule has 0 aliphatic rings. The van der Waals surface area contributed by atoms with Crippen LogP contribution in [0.4, 0.5) is 0 Å². The van der Waals surface area contributed by atoms with Crippen LogP contribution in [0.25, 0.3) is 0 Å². The number of benzene rings is 1. The van der Waals surface area contributed by atoms with Crippen molar-refractivity contribution in [1.82, 2.24) is 4.72 Å². The third-order valence-electron chi connectivity index (χ3n) is 2.75. The molecule has 1 unspecified atom stereocenters. The van der Waals surface area contributed by atoms with E-state index in [9.17, 15) is 18.3 Å². The molecule has 118 valence electrons. The highest BCUT2D eigenvalue weighted by atomic mass is 32.2. The van der Waals surface area contributed by atoms with Crippen LogP contribution in [0.3, 0.4) is 0 Å². The lowest BCUT2D eigenvalue weighted by atomic mass is 10.1. The molecule has 0 fully saturated rings. The lowest BCUT2D eigenvalue weighted by molar-refractivity contribution is -0.139. The van der Waals surface area contributed by atoms with Crippen LogP contribution in [0.5, 0.6) is 5.75 Å². The Morgan fingerprint density at radius 1 is 1.29 bits per heavy atom. The number of carboxylic acids is 1. The highest BCUT2D eigenvalue weighted by molar-refractivity contribution is 7.89. The molecule has 21 heavy (non-hydrogen) atoms. The van der Waals surface area contributed by atoms with E-state index in [1.165, 1.54) is 24.3 Å². The molecular weight excluding hydrogens is 298 g/mol. The van der Waals surface area contributed by atoms with Gasteiger partial charge in [-0.3, -0.25) is 0 Å². The minimum atomic E-state index is -3.72. The van der Waals surface area contributed by atoms with Gasteiger partial charge in [-0.15, -0.1) is 0 Å². The number of carboxylic acid groups (broad SMARTS) is 1. The summed E-state index contributed by atoms with van der Waals surface area (Å²) < 4.78 is 31.2. The maximum atomic E-state index is 12.0. The Morgan fingerprint density at radius 2 is 1.86 bits per heavy atom. The van der Waals surface area contributed by atoms with Gasteiger partial charge in [-0.1, -0.05) is 13.8 Å². The number of ether oxygens (including phenoxy) is 1. The van der Waals surface area contributed by atoms with Crippen LogP contribution in [-0.4, -0.2) is 43.9 Å². The van der Waals surface area contributed by atoms with Crippen molar-refractivity contribution < 1.29 is 28.2 Å². The molecule has 3 N–H and O–H groups in total. The zero-order valence-corrected chi connectivity index (χ0v) is 12.6. The van der Waals surface area contributed by atoms with Crippen molar-refractivity contribution in [2.45, 2.75) is 24.8 Å². The van der Waals surface area contributed by atoms with Crippen molar-refractivity contribution in [3.05, 3.63) is 24.3 Å².